The molecule has 0 radical (unpaired) electrons. The van der Waals surface area contributed by atoms with Gasteiger partial charge in [0.25, 0.3) is 5.91 Å². The third-order valence-electron chi connectivity index (χ3n) is 4.64. The van der Waals surface area contributed by atoms with Crippen molar-refractivity contribution in [2.45, 2.75) is 12.3 Å². The maximum atomic E-state index is 12.8. The topological polar surface area (TPSA) is 85.6 Å². The SMILES string of the molecule is CS(=O)(=O)Cc1c(C(=O)NCc2cccc(Oc3ccccc3)c2)oc2ccccc12. The van der Waals surface area contributed by atoms with E-state index >= 15 is 0 Å². The number of amides is 1. The zero-order chi connectivity index (χ0) is 21.8. The van der Waals surface area contributed by atoms with E-state index in [1.165, 1.54) is 0 Å². The van der Waals surface area contributed by atoms with Gasteiger partial charge in [-0.25, -0.2) is 8.42 Å². The number of sulfone groups is 1. The molecule has 6 nitrogen and oxygen atoms in total. The van der Waals surface area contributed by atoms with Crippen LogP contribution in [0, 0.1) is 0 Å². The molecule has 0 aliphatic heterocycles. The van der Waals surface area contributed by atoms with E-state index in [9.17, 15) is 13.2 Å². The van der Waals surface area contributed by atoms with Crippen LogP contribution in [0.1, 0.15) is 21.7 Å². The fourth-order valence-electron chi connectivity index (χ4n) is 3.29. The lowest BCUT2D eigenvalue weighted by Crippen LogP contribution is -2.23. The van der Waals surface area contributed by atoms with Gasteiger partial charge in [-0.05, 0) is 35.9 Å². The molecule has 0 unspecified atom stereocenters. The zero-order valence-electron chi connectivity index (χ0n) is 16.9. The van der Waals surface area contributed by atoms with Crippen LogP contribution in [0.5, 0.6) is 11.5 Å². The number of furan rings is 1. The summed E-state index contributed by atoms with van der Waals surface area (Å²) >= 11 is 0. The molecule has 31 heavy (non-hydrogen) atoms. The van der Waals surface area contributed by atoms with E-state index in [1.54, 1.807) is 24.3 Å². The average Bonchev–Trinajstić information content (AvgIpc) is 3.10. The third-order valence-corrected chi connectivity index (χ3v) is 5.45. The quantitative estimate of drug-likeness (QED) is 0.455. The number of hydrogen-bond donors (Lipinski definition) is 1. The first kappa shape index (κ1) is 20.7. The summed E-state index contributed by atoms with van der Waals surface area (Å²) in [6, 6.07) is 23.8. The summed E-state index contributed by atoms with van der Waals surface area (Å²) in [6.45, 7) is 0.236. The van der Waals surface area contributed by atoms with Crippen molar-refractivity contribution in [1.29, 1.82) is 0 Å². The Morgan fingerprint density at radius 3 is 2.42 bits per heavy atom. The van der Waals surface area contributed by atoms with Gasteiger partial charge in [-0.3, -0.25) is 4.79 Å². The lowest BCUT2D eigenvalue weighted by molar-refractivity contribution is 0.0924. The lowest BCUT2D eigenvalue weighted by Gasteiger charge is -2.09. The predicted molar refractivity (Wildman–Crippen MR) is 119 cm³/mol. The molecule has 0 spiro atoms. The fraction of sp³-hybridized carbons (Fsp3) is 0.125. The number of fused-ring (bicyclic) bond motifs is 1. The molecule has 0 saturated carbocycles. The Balaban J connectivity index is 1.52. The zero-order valence-corrected chi connectivity index (χ0v) is 17.7. The Bertz CT molecular complexity index is 1330. The number of para-hydroxylation sites is 2. The fourth-order valence-corrected chi connectivity index (χ4v) is 4.10. The van der Waals surface area contributed by atoms with E-state index < -0.39 is 15.7 Å². The largest absolute Gasteiger partial charge is 0.457 e. The summed E-state index contributed by atoms with van der Waals surface area (Å²) in [6.07, 6.45) is 1.13. The third kappa shape index (κ3) is 5.13. The van der Waals surface area contributed by atoms with Crippen LogP contribution in [0.15, 0.2) is 83.3 Å². The van der Waals surface area contributed by atoms with Gasteiger partial charge in [-0.2, -0.15) is 0 Å². The first-order valence-corrected chi connectivity index (χ1v) is 11.7. The molecule has 4 aromatic rings. The van der Waals surface area contributed by atoms with Gasteiger partial charge in [0.2, 0.25) is 0 Å². The van der Waals surface area contributed by atoms with Gasteiger partial charge < -0.3 is 14.5 Å². The van der Waals surface area contributed by atoms with Crippen LogP contribution >= 0.6 is 0 Å². The number of carbonyl (C=O) groups is 1. The van der Waals surface area contributed by atoms with Gasteiger partial charge in [-0.1, -0.05) is 48.5 Å². The number of hydrogen-bond acceptors (Lipinski definition) is 5. The van der Waals surface area contributed by atoms with Crippen LogP contribution in [-0.2, 0) is 22.1 Å². The Morgan fingerprint density at radius 2 is 1.65 bits per heavy atom. The molecule has 3 aromatic carbocycles. The van der Waals surface area contributed by atoms with Crippen molar-refractivity contribution >= 4 is 26.7 Å². The molecule has 1 amide bonds. The van der Waals surface area contributed by atoms with Crippen molar-refractivity contribution in [3.05, 3.63) is 95.7 Å². The summed E-state index contributed by atoms with van der Waals surface area (Å²) < 4.78 is 35.3. The van der Waals surface area contributed by atoms with Crippen LogP contribution < -0.4 is 10.1 Å². The van der Waals surface area contributed by atoms with Crippen molar-refractivity contribution < 1.29 is 22.4 Å². The van der Waals surface area contributed by atoms with Gasteiger partial charge in [0.1, 0.15) is 17.1 Å². The van der Waals surface area contributed by atoms with Crippen molar-refractivity contribution in [3.63, 3.8) is 0 Å². The summed E-state index contributed by atoms with van der Waals surface area (Å²) in [5.74, 6) is 0.649. The highest BCUT2D eigenvalue weighted by atomic mass is 32.2. The monoisotopic (exact) mass is 435 g/mol. The van der Waals surface area contributed by atoms with E-state index in [0.717, 1.165) is 17.6 Å². The molecule has 0 aliphatic rings. The van der Waals surface area contributed by atoms with E-state index in [4.69, 9.17) is 9.15 Å². The Labute approximate surface area is 180 Å². The number of rotatable bonds is 7. The highest BCUT2D eigenvalue weighted by Crippen LogP contribution is 2.28. The number of benzene rings is 3. The molecule has 0 atom stereocenters. The smallest absolute Gasteiger partial charge is 0.287 e. The molecule has 4 rings (SSSR count). The first-order valence-electron chi connectivity index (χ1n) is 9.67. The van der Waals surface area contributed by atoms with Crippen molar-refractivity contribution in [3.8, 4) is 11.5 Å². The summed E-state index contributed by atoms with van der Waals surface area (Å²) in [4.78, 5) is 12.8. The maximum absolute atomic E-state index is 12.8. The van der Waals surface area contributed by atoms with E-state index in [1.807, 2.05) is 54.6 Å². The molecular formula is C24H21NO5S. The number of ether oxygens (including phenoxy) is 1. The van der Waals surface area contributed by atoms with Crippen LogP contribution in [0.2, 0.25) is 0 Å². The maximum Gasteiger partial charge on any atom is 0.287 e. The molecule has 0 aliphatic carbocycles. The number of carbonyl (C=O) groups excluding carboxylic acids is 1. The second-order valence-electron chi connectivity index (χ2n) is 7.22. The minimum Gasteiger partial charge on any atom is -0.457 e. The Kier molecular flexibility index (Phi) is 5.77. The molecular weight excluding hydrogens is 414 g/mol. The van der Waals surface area contributed by atoms with E-state index in [-0.39, 0.29) is 18.1 Å². The van der Waals surface area contributed by atoms with Gasteiger partial charge in [0.05, 0.1) is 5.75 Å². The normalized spacial score (nSPS) is 11.4. The van der Waals surface area contributed by atoms with Crippen LogP contribution in [0.3, 0.4) is 0 Å². The molecule has 1 heterocycles. The molecule has 0 fully saturated rings. The molecule has 1 N–H and O–H groups in total. The van der Waals surface area contributed by atoms with Crippen LogP contribution in [0.25, 0.3) is 11.0 Å². The van der Waals surface area contributed by atoms with Crippen LogP contribution in [0.4, 0.5) is 0 Å². The highest BCUT2D eigenvalue weighted by molar-refractivity contribution is 7.89. The average molecular weight is 436 g/mol. The first-order chi connectivity index (χ1) is 14.9. The standard InChI is InChI=1S/C24H21NO5S/c1-31(27,28)16-21-20-12-5-6-13-22(20)30-23(21)24(26)25-15-17-8-7-11-19(14-17)29-18-9-3-2-4-10-18/h2-14H,15-16H2,1H3,(H,25,26). The lowest BCUT2D eigenvalue weighted by atomic mass is 10.1. The molecule has 7 heteroatoms. The second-order valence-corrected chi connectivity index (χ2v) is 9.36. The number of nitrogens with one attached hydrogen (secondary N) is 1. The van der Waals surface area contributed by atoms with E-state index in [2.05, 4.69) is 5.32 Å². The Hall–Kier alpha value is -3.58. The predicted octanol–water partition coefficient (Wildman–Crippen LogP) is 4.70. The van der Waals surface area contributed by atoms with Crippen LogP contribution in [-0.4, -0.2) is 20.6 Å². The minimum absolute atomic E-state index is 0.0170. The minimum atomic E-state index is -3.35. The van der Waals surface area contributed by atoms with Crippen molar-refractivity contribution in [2.24, 2.45) is 0 Å². The summed E-state index contributed by atoms with van der Waals surface area (Å²) in [7, 11) is -3.35. The molecule has 158 valence electrons. The Morgan fingerprint density at radius 1 is 0.935 bits per heavy atom. The molecule has 1 aromatic heterocycles. The second kappa shape index (κ2) is 8.65. The summed E-state index contributed by atoms with van der Waals surface area (Å²) in [5, 5.41) is 3.43. The van der Waals surface area contributed by atoms with Gasteiger partial charge >= 0.3 is 0 Å². The molecule has 0 saturated heterocycles. The van der Waals surface area contributed by atoms with Gasteiger partial charge in [0.15, 0.2) is 15.6 Å². The van der Waals surface area contributed by atoms with Gasteiger partial charge in [0, 0.05) is 23.8 Å². The summed E-state index contributed by atoms with van der Waals surface area (Å²) in [5.41, 5.74) is 1.68. The van der Waals surface area contributed by atoms with Gasteiger partial charge in [-0.15, -0.1) is 0 Å². The van der Waals surface area contributed by atoms with Crippen molar-refractivity contribution in [1.82, 2.24) is 5.32 Å². The highest BCUT2D eigenvalue weighted by Gasteiger charge is 2.23. The molecule has 0 bridgehead atoms. The van der Waals surface area contributed by atoms with E-state index in [0.29, 0.717) is 22.3 Å². The van der Waals surface area contributed by atoms with Crippen molar-refractivity contribution in [2.75, 3.05) is 6.26 Å².